The fourth-order valence-corrected chi connectivity index (χ4v) is 4.99. The van der Waals surface area contributed by atoms with Crippen molar-refractivity contribution in [3.63, 3.8) is 0 Å². The maximum atomic E-state index is 5.53. The van der Waals surface area contributed by atoms with Crippen molar-refractivity contribution < 1.29 is 4.74 Å². The molecule has 2 aromatic rings. The summed E-state index contributed by atoms with van der Waals surface area (Å²) in [5, 5.41) is 8.50. The lowest BCUT2D eigenvalue weighted by Gasteiger charge is -2.34. The molecule has 7 nitrogen and oxygen atoms in total. The Morgan fingerprint density at radius 3 is 2.50 bits per heavy atom. The quantitative estimate of drug-likeness (QED) is 0.758. The number of ether oxygens (including phenoxy) is 1. The van der Waals surface area contributed by atoms with E-state index in [1.165, 1.54) is 43.6 Å². The predicted octanol–water partition coefficient (Wildman–Crippen LogP) is 3.71. The van der Waals surface area contributed by atoms with E-state index in [4.69, 9.17) is 19.8 Å². The van der Waals surface area contributed by atoms with Gasteiger partial charge in [0, 0.05) is 56.8 Å². The van der Waals surface area contributed by atoms with E-state index in [1.807, 2.05) is 4.52 Å². The van der Waals surface area contributed by atoms with Crippen LogP contribution >= 0.6 is 24.8 Å². The molecule has 1 aliphatic carbocycles. The van der Waals surface area contributed by atoms with E-state index in [2.05, 4.69) is 23.2 Å². The van der Waals surface area contributed by atoms with Crippen LogP contribution in [0.3, 0.4) is 0 Å². The minimum atomic E-state index is 0. The highest BCUT2D eigenvalue weighted by Gasteiger charge is 2.26. The number of nitrogens with zero attached hydrogens (tertiary/aromatic N) is 5. The summed E-state index contributed by atoms with van der Waals surface area (Å²) in [6.07, 6.45) is 8.51. The third-order valence-electron chi connectivity index (χ3n) is 6.63. The number of hydrogen-bond donors (Lipinski definition) is 1. The van der Waals surface area contributed by atoms with Gasteiger partial charge in [-0.1, -0.05) is 19.3 Å². The second-order valence-corrected chi connectivity index (χ2v) is 8.74. The van der Waals surface area contributed by atoms with Gasteiger partial charge in [-0.3, -0.25) is 0 Å². The summed E-state index contributed by atoms with van der Waals surface area (Å²) in [5.41, 5.74) is 1.22. The molecule has 1 N–H and O–H groups in total. The largest absolute Gasteiger partial charge is 0.381 e. The van der Waals surface area contributed by atoms with Gasteiger partial charge < -0.3 is 15.0 Å². The average Bonchev–Trinajstić information content (AvgIpc) is 3.18. The molecule has 2 saturated heterocycles. The van der Waals surface area contributed by atoms with Crippen LogP contribution in [0.5, 0.6) is 0 Å². The molecule has 1 unspecified atom stereocenters. The molecule has 0 radical (unpaired) electrons. The number of piperazine rings is 1. The highest BCUT2D eigenvalue weighted by atomic mass is 35.5. The number of aromatic nitrogens is 4. The lowest BCUT2D eigenvalue weighted by Crippen LogP contribution is -2.49. The first-order valence-electron chi connectivity index (χ1n) is 11.1. The molecule has 4 heterocycles. The zero-order valence-electron chi connectivity index (χ0n) is 17.8. The summed E-state index contributed by atoms with van der Waals surface area (Å²) in [5.74, 6) is 3.86. The molecule has 1 saturated carbocycles. The standard InChI is InChI=1S/C21H32N6O.2ClH/c1-15-14-26(10-9-22-15)19-13-18(16-5-3-2-4-6-16)23-21-24-20(25-27(19)21)17-7-11-28-12-8-17;;/h13,15-17,22H,2-12,14H2,1H3;2*1H. The monoisotopic (exact) mass is 456 g/mol. The summed E-state index contributed by atoms with van der Waals surface area (Å²) in [4.78, 5) is 12.4. The normalized spacial score (nSPS) is 23.8. The lowest BCUT2D eigenvalue weighted by atomic mass is 9.87. The highest BCUT2D eigenvalue weighted by molar-refractivity contribution is 5.85. The first-order valence-corrected chi connectivity index (χ1v) is 11.1. The van der Waals surface area contributed by atoms with E-state index in [-0.39, 0.29) is 24.8 Å². The lowest BCUT2D eigenvalue weighted by molar-refractivity contribution is 0.0836. The molecule has 0 spiro atoms. The van der Waals surface area contributed by atoms with Gasteiger partial charge in [0.25, 0.3) is 5.78 Å². The minimum Gasteiger partial charge on any atom is -0.381 e. The molecule has 5 rings (SSSR count). The van der Waals surface area contributed by atoms with Crippen LogP contribution in [-0.2, 0) is 4.74 Å². The third-order valence-corrected chi connectivity index (χ3v) is 6.63. The first-order chi connectivity index (χ1) is 13.8. The Labute approximate surface area is 191 Å². The molecule has 0 bridgehead atoms. The van der Waals surface area contributed by atoms with Gasteiger partial charge in [-0.15, -0.1) is 29.9 Å². The van der Waals surface area contributed by atoms with Gasteiger partial charge in [-0.05, 0) is 32.6 Å². The van der Waals surface area contributed by atoms with E-state index in [0.29, 0.717) is 17.9 Å². The van der Waals surface area contributed by atoms with Crippen molar-refractivity contribution in [1.29, 1.82) is 0 Å². The first kappa shape index (κ1) is 23.5. The summed E-state index contributed by atoms with van der Waals surface area (Å²) in [6.45, 7) is 6.87. The average molecular weight is 457 g/mol. The van der Waals surface area contributed by atoms with Gasteiger partial charge in [0.2, 0.25) is 0 Å². The van der Waals surface area contributed by atoms with E-state index >= 15 is 0 Å². The zero-order chi connectivity index (χ0) is 18.9. The maximum Gasteiger partial charge on any atom is 0.254 e. The van der Waals surface area contributed by atoms with E-state index in [0.717, 1.165) is 57.3 Å². The SMILES string of the molecule is CC1CN(c2cc(C3CCCCC3)nc3nc(C4CCOCC4)nn23)CCN1.Cl.Cl. The van der Waals surface area contributed by atoms with Crippen molar-refractivity contribution in [2.24, 2.45) is 0 Å². The van der Waals surface area contributed by atoms with Crippen molar-refractivity contribution in [2.75, 3.05) is 37.7 Å². The van der Waals surface area contributed by atoms with Gasteiger partial charge in [-0.2, -0.15) is 9.50 Å². The highest BCUT2D eigenvalue weighted by Crippen LogP contribution is 2.34. The minimum absolute atomic E-state index is 0. The van der Waals surface area contributed by atoms with Crippen molar-refractivity contribution in [1.82, 2.24) is 24.9 Å². The summed E-state index contributed by atoms with van der Waals surface area (Å²) < 4.78 is 7.54. The van der Waals surface area contributed by atoms with Gasteiger partial charge in [0.1, 0.15) is 5.82 Å². The number of fused-ring (bicyclic) bond motifs is 1. The summed E-state index contributed by atoms with van der Waals surface area (Å²) in [6, 6.07) is 2.79. The van der Waals surface area contributed by atoms with Gasteiger partial charge in [0.15, 0.2) is 5.82 Å². The van der Waals surface area contributed by atoms with Gasteiger partial charge >= 0.3 is 0 Å². The molecule has 30 heavy (non-hydrogen) atoms. The maximum absolute atomic E-state index is 5.53. The van der Waals surface area contributed by atoms with E-state index < -0.39 is 0 Å². The third kappa shape index (κ3) is 4.85. The number of hydrogen-bond acceptors (Lipinski definition) is 6. The van der Waals surface area contributed by atoms with Crippen molar-refractivity contribution in [3.05, 3.63) is 17.6 Å². The summed E-state index contributed by atoms with van der Waals surface area (Å²) >= 11 is 0. The zero-order valence-corrected chi connectivity index (χ0v) is 19.4. The molecule has 168 valence electrons. The Balaban J connectivity index is 0.00000128. The fraction of sp³-hybridized carbons (Fsp3) is 0.762. The summed E-state index contributed by atoms with van der Waals surface area (Å²) in [7, 11) is 0. The van der Waals surface area contributed by atoms with Crippen LogP contribution in [0.25, 0.3) is 5.78 Å². The van der Waals surface area contributed by atoms with E-state index in [9.17, 15) is 0 Å². The fourth-order valence-electron chi connectivity index (χ4n) is 4.99. The molecule has 0 amide bonds. The van der Waals surface area contributed by atoms with Crippen LogP contribution in [-0.4, -0.2) is 58.5 Å². The van der Waals surface area contributed by atoms with Crippen LogP contribution in [0.1, 0.15) is 75.2 Å². The number of anilines is 1. The Morgan fingerprint density at radius 2 is 1.77 bits per heavy atom. The van der Waals surface area contributed by atoms with Crippen LogP contribution in [0, 0.1) is 0 Å². The molecule has 3 aliphatic rings. The Hall–Kier alpha value is -1.15. The molecule has 9 heteroatoms. The van der Waals surface area contributed by atoms with Crippen LogP contribution in [0.2, 0.25) is 0 Å². The molecule has 2 aliphatic heterocycles. The topological polar surface area (TPSA) is 67.6 Å². The smallest absolute Gasteiger partial charge is 0.254 e. The Bertz CT molecular complexity index is 819. The second-order valence-electron chi connectivity index (χ2n) is 8.74. The van der Waals surface area contributed by atoms with Gasteiger partial charge in [-0.25, -0.2) is 4.98 Å². The number of rotatable bonds is 3. The predicted molar refractivity (Wildman–Crippen MR) is 124 cm³/mol. The van der Waals surface area contributed by atoms with Gasteiger partial charge in [0.05, 0.1) is 5.69 Å². The molecule has 3 fully saturated rings. The van der Waals surface area contributed by atoms with Crippen LogP contribution in [0.4, 0.5) is 5.82 Å². The molecular weight excluding hydrogens is 423 g/mol. The molecule has 1 atom stereocenters. The van der Waals surface area contributed by atoms with Crippen LogP contribution < -0.4 is 10.2 Å². The van der Waals surface area contributed by atoms with Crippen LogP contribution in [0.15, 0.2) is 6.07 Å². The number of nitrogens with one attached hydrogen (secondary N) is 1. The van der Waals surface area contributed by atoms with Crippen molar-refractivity contribution in [2.45, 2.75) is 69.7 Å². The molecular formula is C21H34Cl2N6O. The van der Waals surface area contributed by atoms with E-state index in [1.54, 1.807) is 0 Å². The number of halogens is 2. The van der Waals surface area contributed by atoms with Crippen molar-refractivity contribution >= 4 is 36.4 Å². The molecule has 2 aromatic heterocycles. The second kappa shape index (κ2) is 10.4. The molecule has 0 aromatic carbocycles. The Kier molecular flexibility index (Phi) is 8.18. The Morgan fingerprint density at radius 1 is 1.00 bits per heavy atom. The van der Waals surface area contributed by atoms with Crippen molar-refractivity contribution in [3.8, 4) is 0 Å².